The van der Waals surface area contributed by atoms with Crippen LogP contribution in [0.15, 0.2) is 28.7 Å². The number of Topliss-reactive ketones (excluding diaryl/α,β-unsaturated/α-hetero) is 1. The quantitative estimate of drug-likeness (QED) is 0.865. The van der Waals surface area contributed by atoms with Crippen molar-refractivity contribution in [3.8, 4) is 0 Å². The number of rotatable bonds is 4. The van der Waals surface area contributed by atoms with Gasteiger partial charge in [0.2, 0.25) is 0 Å². The van der Waals surface area contributed by atoms with E-state index < -0.39 is 0 Å². The molecule has 0 bridgehead atoms. The third-order valence-electron chi connectivity index (χ3n) is 4.15. The van der Waals surface area contributed by atoms with Crippen molar-refractivity contribution < 1.29 is 9.21 Å². The lowest BCUT2D eigenvalue weighted by molar-refractivity contribution is 0.0762. The summed E-state index contributed by atoms with van der Waals surface area (Å²) in [7, 11) is 0. The van der Waals surface area contributed by atoms with Crippen LogP contribution in [0.2, 0.25) is 5.02 Å². The second kappa shape index (κ2) is 4.66. The molecule has 1 aromatic carbocycles. The van der Waals surface area contributed by atoms with Gasteiger partial charge in [-0.3, -0.25) is 4.79 Å². The highest BCUT2D eigenvalue weighted by Crippen LogP contribution is 2.44. The number of carbonyl (C=O) groups excluding carboxylic acids is 1. The topological polar surface area (TPSA) is 56.2 Å². The Bertz CT molecular complexity index is 623. The van der Waals surface area contributed by atoms with Crippen molar-refractivity contribution in [3.05, 3.63) is 35.0 Å². The van der Waals surface area contributed by atoms with E-state index in [2.05, 4.69) is 0 Å². The van der Waals surface area contributed by atoms with Gasteiger partial charge in [-0.2, -0.15) is 0 Å². The molecule has 3 rings (SSSR count). The summed E-state index contributed by atoms with van der Waals surface area (Å²) in [6.07, 6.45) is 3.71. The molecule has 1 heterocycles. The Balaban J connectivity index is 1.87. The molecule has 1 aliphatic carbocycles. The summed E-state index contributed by atoms with van der Waals surface area (Å²) < 4.78 is 5.60. The first-order chi connectivity index (χ1) is 9.13. The normalized spacial score (nSPS) is 17.4. The van der Waals surface area contributed by atoms with Gasteiger partial charge in [-0.25, -0.2) is 0 Å². The smallest absolute Gasteiger partial charge is 0.198 e. The van der Waals surface area contributed by atoms with E-state index in [9.17, 15) is 4.79 Å². The van der Waals surface area contributed by atoms with Crippen LogP contribution in [-0.2, 0) is 0 Å². The molecule has 1 fully saturated rings. The minimum Gasteiger partial charge on any atom is -0.451 e. The van der Waals surface area contributed by atoms with E-state index in [1.807, 2.05) is 12.1 Å². The van der Waals surface area contributed by atoms with Gasteiger partial charge in [0, 0.05) is 11.8 Å². The highest BCUT2D eigenvalue weighted by molar-refractivity contribution is 6.34. The molecule has 1 aliphatic rings. The first-order valence-corrected chi connectivity index (χ1v) is 6.93. The summed E-state index contributed by atoms with van der Waals surface area (Å²) in [5, 5.41) is 1.40. The van der Waals surface area contributed by atoms with Crippen LogP contribution in [0.1, 0.15) is 36.2 Å². The monoisotopic (exact) mass is 277 g/mol. The highest BCUT2D eigenvalue weighted by atomic mass is 35.5. The molecule has 3 nitrogen and oxygen atoms in total. The molecule has 2 aromatic rings. The van der Waals surface area contributed by atoms with Gasteiger partial charge >= 0.3 is 0 Å². The SMILES string of the molecule is NCC1(CC(=O)c2cc3cccc(Cl)c3o2)CCC1. The molecule has 4 heteroatoms. The number of nitrogens with two attached hydrogens (primary N) is 1. The number of para-hydroxylation sites is 1. The van der Waals surface area contributed by atoms with E-state index in [4.69, 9.17) is 21.8 Å². The van der Waals surface area contributed by atoms with Gasteiger partial charge in [0.25, 0.3) is 0 Å². The fourth-order valence-electron chi connectivity index (χ4n) is 2.72. The van der Waals surface area contributed by atoms with Crippen molar-refractivity contribution in [2.45, 2.75) is 25.7 Å². The summed E-state index contributed by atoms with van der Waals surface area (Å²) in [5.74, 6) is 0.417. The van der Waals surface area contributed by atoms with Crippen molar-refractivity contribution in [2.24, 2.45) is 11.1 Å². The van der Waals surface area contributed by atoms with Crippen LogP contribution in [-0.4, -0.2) is 12.3 Å². The number of ketones is 1. The van der Waals surface area contributed by atoms with Crippen molar-refractivity contribution in [2.75, 3.05) is 6.54 Å². The molecule has 0 saturated heterocycles. The van der Waals surface area contributed by atoms with Crippen molar-refractivity contribution >= 4 is 28.4 Å². The largest absolute Gasteiger partial charge is 0.451 e. The Morgan fingerprint density at radius 1 is 1.42 bits per heavy atom. The van der Waals surface area contributed by atoms with Gasteiger partial charge in [-0.05, 0) is 36.9 Å². The van der Waals surface area contributed by atoms with Crippen molar-refractivity contribution in [3.63, 3.8) is 0 Å². The van der Waals surface area contributed by atoms with Crippen molar-refractivity contribution in [1.82, 2.24) is 0 Å². The van der Waals surface area contributed by atoms with Crippen LogP contribution in [0, 0.1) is 5.41 Å². The van der Waals surface area contributed by atoms with Gasteiger partial charge in [0.15, 0.2) is 17.1 Å². The molecule has 2 N–H and O–H groups in total. The van der Waals surface area contributed by atoms with Gasteiger partial charge in [-0.1, -0.05) is 30.2 Å². The van der Waals surface area contributed by atoms with Crippen LogP contribution in [0.4, 0.5) is 0 Å². The minimum atomic E-state index is -0.000146. The Morgan fingerprint density at radius 2 is 2.21 bits per heavy atom. The van der Waals surface area contributed by atoms with Crippen molar-refractivity contribution in [1.29, 1.82) is 0 Å². The third kappa shape index (κ3) is 2.17. The van der Waals surface area contributed by atoms with Crippen LogP contribution >= 0.6 is 11.6 Å². The third-order valence-corrected chi connectivity index (χ3v) is 4.45. The maximum atomic E-state index is 12.3. The van der Waals surface area contributed by atoms with Crippen LogP contribution < -0.4 is 5.73 Å². The molecule has 1 saturated carbocycles. The standard InChI is InChI=1S/C15H16ClNO2/c16-11-4-1-3-10-7-13(19-14(10)11)12(18)8-15(9-17)5-2-6-15/h1,3-4,7H,2,5-6,8-9,17H2. The summed E-state index contributed by atoms with van der Waals surface area (Å²) in [6, 6.07) is 7.27. The molecular weight excluding hydrogens is 262 g/mol. The maximum absolute atomic E-state index is 12.3. The summed E-state index contributed by atoms with van der Waals surface area (Å²) in [4.78, 5) is 12.3. The molecule has 0 spiro atoms. The van der Waals surface area contributed by atoms with Crippen LogP contribution in [0.3, 0.4) is 0 Å². The zero-order valence-electron chi connectivity index (χ0n) is 10.6. The predicted octanol–water partition coefficient (Wildman–Crippen LogP) is 3.79. The minimum absolute atomic E-state index is 0.000146. The summed E-state index contributed by atoms with van der Waals surface area (Å²) >= 11 is 6.05. The van der Waals surface area contributed by atoms with Gasteiger partial charge in [0.05, 0.1) is 5.02 Å². The van der Waals surface area contributed by atoms with E-state index >= 15 is 0 Å². The molecule has 1 aromatic heterocycles. The van der Waals surface area contributed by atoms with Gasteiger partial charge in [0.1, 0.15) is 0 Å². The number of benzene rings is 1. The Hall–Kier alpha value is -1.32. The lowest BCUT2D eigenvalue weighted by atomic mass is 9.66. The molecule has 0 unspecified atom stereocenters. The average Bonchev–Trinajstić information content (AvgIpc) is 2.79. The summed E-state index contributed by atoms with van der Waals surface area (Å²) in [6.45, 7) is 0.569. The molecule has 0 atom stereocenters. The molecule has 0 amide bonds. The van der Waals surface area contributed by atoms with Crippen LogP contribution in [0.25, 0.3) is 11.0 Å². The zero-order chi connectivity index (χ0) is 13.5. The second-order valence-corrected chi connectivity index (χ2v) is 5.83. The van der Waals surface area contributed by atoms with E-state index in [1.165, 1.54) is 0 Å². The average molecular weight is 278 g/mol. The number of hydrogen-bond acceptors (Lipinski definition) is 3. The summed E-state index contributed by atoms with van der Waals surface area (Å²) in [5.41, 5.74) is 6.38. The molecule has 100 valence electrons. The molecule has 0 radical (unpaired) electrons. The molecular formula is C15H16ClNO2. The van der Waals surface area contributed by atoms with E-state index in [1.54, 1.807) is 12.1 Å². The predicted molar refractivity (Wildman–Crippen MR) is 75.5 cm³/mol. The second-order valence-electron chi connectivity index (χ2n) is 5.43. The number of fused-ring (bicyclic) bond motifs is 1. The Labute approximate surface area is 116 Å². The zero-order valence-corrected chi connectivity index (χ0v) is 11.4. The highest BCUT2D eigenvalue weighted by Gasteiger charge is 2.38. The van der Waals surface area contributed by atoms with Crippen LogP contribution in [0.5, 0.6) is 0 Å². The lowest BCUT2D eigenvalue weighted by Crippen LogP contribution is -2.39. The molecule has 19 heavy (non-hydrogen) atoms. The lowest BCUT2D eigenvalue weighted by Gasteiger charge is -2.40. The fraction of sp³-hybridized carbons (Fsp3) is 0.400. The Morgan fingerprint density at radius 3 is 2.79 bits per heavy atom. The number of furan rings is 1. The first-order valence-electron chi connectivity index (χ1n) is 6.55. The van der Waals surface area contributed by atoms with Gasteiger partial charge < -0.3 is 10.2 Å². The number of hydrogen-bond donors (Lipinski definition) is 1. The fourth-order valence-corrected chi connectivity index (χ4v) is 2.94. The van der Waals surface area contributed by atoms with E-state index in [0.717, 1.165) is 24.6 Å². The van der Waals surface area contributed by atoms with E-state index in [-0.39, 0.29) is 11.2 Å². The number of carbonyl (C=O) groups is 1. The maximum Gasteiger partial charge on any atom is 0.198 e. The Kier molecular flexibility index (Phi) is 3.11. The first kappa shape index (κ1) is 12.7. The number of halogens is 1. The van der Waals surface area contributed by atoms with Gasteiger partial charge in [-0.15, -0.1) is 0 Å². The molecule has 0 aliphatic heterocycles. The van der Waals surface area contributed by atoms with E-state index in [0.29, 0.717) is 29.3 Å².